The van der Waals surface area contributed by atoms with Gasteiger partial charge in [-0.05, 0) is 61.9 Å². The van der Waals surface area contributed by atoms with E-state index in [1.807, 2.05) is 35.0 Å². The average molecular weight is 461 g/mol. The minimum atomic E-state index is -0.565. The molecule has 0 saturated carbocycles. The first-order valence-electron chi connectivity index (χ1n) is 11.2. The number of rotatable bonds is 5. The van der Waals surface area contributed by atoms with Crippen LogP contribution >= 0.6 is 11.9 Å². The van der Waals surface area contributed by atoms with Gasteiger partial charge in [0.25, 0.3) is 0 Å². The van der Waals surface area contributed by atoms with Crippen LogP contribution in [0.2, 0.25) is 0 Å². The molecule has 2 aliphatic rings. The van der Waals surface area contributed by atoms with Gasteiger partial charge >= 0.3 is 6.03 Å². The van der Waals surface area contributed by atoms with E-state index < -0.39 is 11.6 Å². The summed E-state index contributed by atoms with van der Waals surface area (Å²) in [5.74, 6) is -1.13. The van der Waals surface area contributed by atoms with Gasteiger partial charge in [0.15, 0.2) is 0 Å². The van der Waals surface area contributed by atoms with Gasteiger partial charge in [-0.1, -0.05) is 18.2 Å². The fourth-order valence-corrected chi connectivity index (χ4v) is 5.37. The predicted octanol–water partition coefficient (Wildman–Crippen LogP) is 4.75. The summed E-state index contributed by atoms with van der Waals surface area (Å²) in [6, 6.07) is 14.2. The van der Waals surface area contributed by atoms with Crippen molar-refractivity contribution in [3.8, 4) is 0 Å². The Hall–Kier alpha value is -2.32. The largest absolute Gasteiger partial charge is 0.371 e. The van der Waals surface area contributed by atoms with Crippen molar-refractivity contribution in [3.63, 3.8) is 0 Å². The zero-order valence-electron chi connectivity index (χ0n) is 18.3. The van der Waals surface area contributed by atoms with Gasteiger partial charge in [0.05, 0.1) is 0 Å². The van der Waals surface area contributed by atoms with Crippen molar-refractivity contribution in [1.29, 1.82) is 0 Å². The third kappa shape index (κ3) is 5.92. The topological polar surface area (TPSA) is 38.8 Å². The van der Waals surface area contributed by atoms with E-state index in [2.05, 4.69) is 21.8 Å². The van der Waals surface area contributed by atoms with Crippen molar-refractivity contribution in [3.05, 3.63) is 60.2 Å². The smallest absolute Gasteiger partial charge is 0.317 e. The van der Waals surface area contributed by atoms with Crippen LogP contribution in [0.15, 0.2) is 53.4 Å². The minimum absolute atomic E-state index is 0.0330. The van der Waals surface area contributed by atoms with Crippen LogP contribution < -0.4 is 10.2 Å². The van der Waals surface area contributed by atoms with Gasteiger partial charge in [-0.3, -0.25) is 0 Å². The molecule has 172 valence electrons. The number of nitrogens with one attached hydrogen (secondary N) is 1. The maximum atomic E-state index is 13.5. The first-order valence-corrected chi connectivity index (χ1v) is 12.0. The third-order valence-corrected chi connectivity index (χ3v) is 7.41. The van der Waals surface area contributed by atoms with Crippen LogP contribution in [-0.4, -0.2) is 60.5 Å². The van der Waals surface area contributed by atoms with E-state index in [-0.39, 0.29) is 18.1 Å². The van der Waals surface area contributed by atoms with Crippen molar-refractivity contribution in [2.45, 2.75) is 42.7 Å². The quantitative estimate of drug-likeness (QED) is 0.654. The highest BCUT2D eigenvalue weighted by Crippen LogP contribution is 2.27. The van der Waals surface area contributed by atoms with E-state index >= 15 is 0 Å². The molecule has 2 heterocycles. The molecule has 2 amide bonds. The van der Waals surface area contributed by atoms with E-state index in [9.17, 15) is 13.6 Å². The number of halogens is 2. The molecule has 1 N–H and O–H groups in total. The van der Waals surface area contributed by atoms with Crippen molar-refractivity contribution >= 4 is 23.7 Å². The van der Waals surface area contributed by atoms with Crippen molar-refractivity contribution < 1.29 is 13.6 Å². The fourth-order valence-electron chi connectivity index (χ4n) is 4.40. The molecule has 0 unspecified atom stereocenters. The fraction of sp³-hybridized carbons (Fsp3) is 0.458. The van der Waals surface area contributed by atoms with E-state index in [0.29, 0.717) is 18.8 Å². The average Bonchev–Trinajstić information content (AvgIpc) is 2.79. The van der Waals surface area contributed by atoms with Gasteiger partial charge in [-0.2, -0.15) is 0 Å². The summed E-state index contributed by atoms with van der Waals surface area (Å²) in [5.41, 5.74) is 0.560. The number of anilines is 1. The normalized spacial score (nSPS) is 18.5. The second-order valence-corrected chi connectivity index (χ2v) is 9.68. The minimum Gasteiger partial charge on any atom is -0.371 e. The van der Waals surface area contributed by atoms with E-state index in [4.69, 9.17) is 0 Å². The van der Waals surface area contributed by atoms with E-state index in [1.165, 1.54) is 17.0 Å². The molecule has 4 rings (SSSR count). The number of carbonyl (C=O) groups is 1. The van der Waals surface area contributed by atoms with Gasteiger partial charge in [-0.25, -0.2) is 17.9 Å². The molecule has 2 aromatic carbocycles. The van der Waals surface area contributed by atoms with Gasteiger partial charge in [0, 0.05) is 62.0 Å². The Balaban J connectivity index is 1.21. The Morgan fingerprint density at radius 3 is 2.22 bits per heavy atom. The van der Waals surface area contributed by atoms with Crippen LogP contribution in [-0.2, 0) is 0 Å². The maximum Gasteiger partial charge on any atom is 0.317 e. The van der Waals surface area contributed by atoms with Crippen molar-refractivity contribution in [2.75, 3.05) is 38.1 Å². The standard InChI is InChI=1S/C24H30F2N4OS/c1-28(21-9-13-30(14-10-21)32-23-5-3-2-4-6-23)24(31)27-20-7-11-29(12-8-20)22-16-18(25)15-19(26)17-22/h2-6,15-17,20-21H,7-14H2,1H3,(H,27,31). The highest BCUT2D eigenvalue weighted by atomic mass is 32.2. The van der Waals surface area contributed by atoms with Gasteiger partial charge in [0.2, 0.25) is 0 Å². The summed E-state index contributed by atoms with van der Waals surface area (Å²) in [6.45, 7) is 3.22. The molecule has 2 saturated heterocycles. The summed E-state index contributed by atoms with van der Waals surface area (Å²) in [4.78, 5) is 17.9. The van der Waals surface area contributed by atoms with Crippen LogP contribution in [0.3, 0.4) is 0 Å². The molecule has 0 aliphatic carbocycles. The highest BCUT2D eigenvalue weighted by molar-refractivity contribution is 7.97. The second-order valence-electron chi connectivity index (χ2n) is 8.51. The summed E-state index contributed by atoms with van der Waals surface area (Å²) in [7, 11) is 1.88. The maximum absolute atomic E-state index is 13.5. The van der Waals surface area contributed by atoms with Gasteiger partial charge in [0.1, 0.15) is 11.6 Å². The summed E-state index contributed by atoms with van der Waals surface area (Å²) in [6.07, 6.45) is 3.41. The molecule has 2 fully saturated rings. The van der Waals surface area contributed by atoms with Crippen molar-refractivity contribution in [1.82, 2.24) is 14.5 Å². The van der Waals surface area contributed by atoms with Crippen LogP contribution in [0, 0.1) is 11.6 Å². The van der Waals surface area contributed by atoms with Gasteiger partial charge in [-0.15, -0.1) is 0 Å². The summed E-state index contributed by atoms with van der Waals surface area (Å²) in [5, 5.41) is 3.16. The Labute approximate surface area is 192 Å². The molecular weight excluding hydrogens is 430 g/mol. The Morgan fingerprint density at radius 2 is 1.59 bits per heavy atom. The number of hydrogen-bond acceptors (Lipinski definition) is 4. The van der Waals surface area contributed by atoms with Gasteiger partial charge < -0.3 is 15.1 Å². The summed E-state index contributed by atoms with van der Waals surface area (Å²) >= 11 is 1.78. The Bertz CT molecular complexity index is 880. The molecule has 0 spiro atoms. The first-order chi connectivity index (χ1) is 15.5. The second kappa shape index (κ2) is 10.5. The number of nitrogens with zero attached hydrogens (tertiary/aromatic N) is 3. The van der Waals surface area contributed by atoms with E-state index in [1.54, 1.807) is 11.9 Å². The number of benzene rings is 2. The van der Waals surface area contributed by atoms with Crippen molar-refractivity contribution in [2.24, 2.45) is 0 Å². The lowest BCUT2D eigenvalue weighted by atomic mass is 10.0. The molecule has 8 heteroatoms. The SMILES string of the molecule is CN(C(=O)NC1CCN(c2cc(F)cc(F)c2)CC1)C1CCN(Sc2ccccc2)CC1. The summed E-state index contributed by atoms with van der Waals surface area (Å²) < 4.78 is 29.4. The molecule has 0 aromatic heterocycles. The van der Waals surface area contributed by atoms with Crippen LogP contribution in [0.4, 0.5) is 19.3 Å². The molecule has 2 aliphatic heterocycles. The van der Waals surface area contributed by atoms with Crippen LogP contribution in [0.1, 0.15) is 25.7 Å². The lowest BCUT2D eigenvalue weighted by Gasteiger charge is -2.38. The number of piperidine rings is 2. The number of hydrogen-bond donors (Lipinski definition) is 1. The lowest BCUT2D eigenvalue weighted by molar-refractivity contribution is 0.161. The molecule has 5 nitrogen and oxygen atoms in total. The number of amides is 2. The monoisotopic (exact) mass is 460 g/mol. The van der Waals surface area contributed by atoms with Crippen LogP contribution in [0.25, 0.3) is 0 Å². The molecule has 0 bridgehead atoms. The molecule has 0 radical (unpaired) electrons. The number of carbonyl (C=O) groups excluding carboxylic acids is 1. The number of urea groups is 1. The predicted molar refractivity (Wildman–Crippen MR) is 125 cm³/mol. The zero-order valence-corrected chi connectivity index (χ0v) is 19.2. The lowest BCUT2D eigenvalue weighted by Crippen LogP contribution is -2.52. The highest BCUT2D eigenvalue weighted by Gasteiger charge is 2.28. The molecule has 0 atom stereocenters. The van der Waals surface area contributed by atoms with Crippen LogP contribution in [0.5, 0.6) is 0 Å². The van der Waals surface area contributed by atoms with E-state index in [0.717, 1.165) is 44.8 Å². The zero-order chi connectivity index (χ0) is 22.5. The first kappa shape index (κ1) is 22.9. The third-order valence-electron chi connectivity index (χ3n) is 6.30. The molecular formula is C24H30F2N4OS. The molecule has 32 heavy (non-hydrogen) atoms. The Kier molecular flexibility index (Phi) is 7.52. The Morgan fingerprint density at radius 1 is 0.969 bits per heavy atom. The molecule has 2 aromatic rings.